The first-order valence-electron chi connectivity index (χ1n) is 11.8. The van der Waals surface area contributed by atoms with Crippen LogP contribution in [0.5, 0.6) is 0 Å². The summed E-state index contributed by atoms with van der Waals surface area (Å²) < 4.78 is 0. The van der Waals surface area contributed by atoms with Gasteiger partial charge in [0.15, 0.2) is 11.5 Å². The molecule has 8 heteroatoms. The molecule has 0 spiro atoms. The third kappa shape index (κ3) is 3.68. The predicted octanol–water partition coefficient (Wildman–Crippen LogP) is 3.04. The molecule has 6 N–H and O–H groups in total. The molecule has 2 aromatic heterocycles. The Morgan fingerprint density at radius 3 is 2.44 bits per heavy atom. The number of nitrogens with one attached hydrogen (secondary N) is 1. The number of hydrogen-bond donors (Lipinski definition) is 4. The van der Waals surface area contributed by atoms with Crippen molar-refractivity contribution < 1.29 is 9.90 Å². The van der Waals surface area contributed by atoms with Gasteiger partial charge in [0.2, 0.25) is 0 Å². The average Bonchev–Trinajstić information content (AvgIpc) is 2.81. The Labute approximate surface area is 197 Å². The monoisotopic (exact) mass is 456 g/mol. The molecule has 2 atom stereocenters. The van der Waals surface area contributed by atoms with Crippen LogP contribution in [0.2, 0.25) is 0 Å². The standard InChI is InChI=1S/C26H28N6O2/c27-21-5-4-17(12-29-21)15-2-1-3-16(8-15)20-13-30-24(28)23(31-20)25(33)32-22-18-6-14-7-19(22)11-26(34,9-14)10-18/h1-5,8,12-14,18-19,22,34H,6-7,9-11H2,(H2,27,29)(H2,28,30)(H,32,33). The van der Waals surface area contributed by atoms with Gasteiger partial charge in [0.1, 0.15) is 5.82 Å². The SMILES string of the molecule is Nc1ccc(-c2cccc(-c3cnc(N)c(C(=O)NC4C5CC6CC4CC(O)(C6)C5)n3)c2)cn1. The molecule has 4 fully saturated rings. The van der Waals surface area contributed by atoms with E-state index in [9.17, 15) is 9.90 Å². The minimum Gasteiger partial charge on any atom is -0.390 e. The van der Waals surface area contributed by atoms with Crippen molar-refractivity contribution in [3.8, 4) is 22.4 Å². The van der Waals surface area contributed by atoms with Crippen LogP contribution in [0, 0.1) is 17.8 Å². The summed E-state index contributed by atoms with van der Waals surface area (Å²) >= 11 is 0. The number of carbonyl (C=O) groups excluding carboxylic acids is 1. The number of hydrogen-bond acceptors (Lipinski definition) is 7. The largest absolute Gasteiger partial charge is 0.390 e. The second kappa shape index (κ2) is 7.77. The van der Waals surface area contributed by atoms with E-state index < -0.39 is 5.60 Å². The lowest BCUT2D eigenvalue weighted by molar-refractivity contribution is -0.136. The fourth-order valence-corrected chi connectivity index (χ4v) is 6.58. The predicted molar refractivity (Wildman–Crippen MR) is 129 cm³/mol. The van der Waals surface area contributed by atoms with Crippen LogP contribution in [0.15, 0.2) is 48.8 Å². The Morgan fingerprint density at radius 1 is 0.971 bits per heavy atom. The number of aromatic nitrogens is 3. The molecular weight excluding hydrogens is 428 g/mol. The van der Waals surface area contributed by atoms with Gasteiger partial charge in [0.25, 0.3) is 5.91 Å². The van der Waals surface area contributed by atoms with Crippen LogP contribution in [0.1, 0.15) is 42.6 Å². The number of nitrogens with two attached hydrogens (primary N) is 2. The number of nitrogens with zero attached hydrogens (tertiary/aromatic N) is 3. The van der Waals surface area contributed by atoms with Crippen LogP contribution in [0.25, 0.3) is 22.4 Å². The van der Waals surface area contributed by atoms with E-state index in [1.54, 1.807) is 18.5 Å². The van der Waals surface area contributed by atoms with Crippen LogP contribution in [0.3, 0.4) is 0 Å². The Bertz CT molecular complexity index is 1240. The zero-order chi connectivity index (χ0) is 23.4. The summed E-state index contributed by atoms with van der Waals surface area (Å²) in [6.45, 7) is 0. The number of pyridine rings is 1. The molecule has 7 rings (SSSR count). The first-order valence-corrected chi connectivity index (χ1v) is 11.8. The van der Waals surface area contributed by atoms with Gasteiger partial charge in [-0.3, -0.25) is 4.79 Å². The number of benzene rings is 1. The topological polar surface area (TPSA) is 140 Å². The van der Waals surface area contributed by atoms with E-state index in [1.165, 1.54) is 0 Å². The molecular formula is C26H28N6O2. The van der Waals surface area contributed by atoms with E-state index in [0.29, 0.717) is 29.3 Å². The van der Waals surface area contributed by atoms with E-state index in [1.807, 2.05) is 30.3 Å². The molecule has 1 amide bonds. The van der Waals surface area contributed by atoms with Crippen LogP contribution in [0.4, 0.5) is 11.6 Å². The summed E-state index contributed by atoms with van der Waals surface area (Å²) in [5.41, 5.74) is 14.7. The van der Waals surface area contributed by atoms with Gasteiger partial charge in [-0.2, -0.15) is 0 Å². The van der Waals surface area contributed by atoms with Gasteiger partial charge in [0.05, 0.1) is 17.5 Å². The van der Waals surface area contributed by atoms with E-state index in [0.717, 1.165) is 48.8 Å². The second-order valence-electron chi connectivity index (χ2n) is 10.2. The van der Waals surface area contributed by atoms with E-state index in [4.69, 9.17) is 11.5 Å². The highest BCUT2D eigenvalue weighted by atomic mass is 16.3. The van der Waals surface area contributed by atoms with Crippen molar-refractivity contribution in [2.24, 2.45) is 17.8 Å². The summed E-state index contributed by atoms with van der Waals surface area (Å²) in [5.74, 6) is 1.48. The summed E-state index contributed by atoms with van der Waals surface area (Å²) in [5, 5.41) is 14.0. The molecule has 8 nitrogen and oxygen atoms in total. The molecule has 4 aliphatic rings. The van der Waals surface area contributed by atoms with Gasteiger partial charge in [0, 0.05) is 23.4 Å². The van der Waals surface area contributed by atoms with Crippen LogP contribution in [-0.4, -0.2) is 37.6 Å². The average molecular weight is 457 g/mol. The Hall–Kier alpha value is -3.52. The van der Waals surface area contributed by atoms with Crippen molar-refractivity contribution >= 4 is 17.5 Å². The number of rotatable bonds is 4. The summed E-state index contributed by atoms with van der Waals surface area (Å²) in [7, 11) is 0. The molecule has 0 aliphatic heterocycles. The number of aliphatic hydroxyl groups is 1. The normalized spacial score (nSPS) is 29.2. The lowest BCUT2D eigenvalue weighted by atomic mass is 9.52. The van der Waals surface area contributed by atoms with E-state index >= 15 is 0 Å². The Morgan fingerprint density at radius 2 is 1.74 bits per heavy atom. The summed E-state index contributed by atoms with van der Waals surface area (Å²) in [6.07, 6.45) is 7.88. The van der Waals surface area contributed by atoms with E-state index in [-0.39, 0.29) is 23.5 Å². The highest BCUT2D eigenvalue weighted by Gasteiger charge is 2.55. The van der Waals surface area contributed by atoms with Gasteiger partial charge in [-0.25, -0.2) is 15.0 Å². The summed E-state index contributed by atoms with van der Waals surface area (Å²) in [4.78, 5) is 26.3. The number of anilines is 2. The number of nitrogen functional groups attached to an aromatic ring is 2. The van der Waals surface area contributed by atoms with Crippen LogP contribution < -0.4 is 16.8 Å². The van der Waals surface area contributed by atoms with Crippen LogP contribution >= 0.6 is 0 Å². The molecule has 1 aromatic carbocycles. The highest BCUT2D eigenvalue weighted by Crippen LogP contribution is 2.55. The first kappa shape index (κ1) is 21.0. The third-order valence-corrected chi connectivity index (χ3v) is 7.83. The molecule has 4 aliphatic carbocycles. The number of amides is 1. The fraction of sp³-hybridized carbons (Fsp3) is 0.385. The maximum atomic E-state index is 13.3. The minimum atomic E-state index is -0.540. The molecule has 0 radical (unpaired) electrons. The molecule has 0 saturated heterocycles. The molecule has 4 bridgehead atoms. The Balaban J connectivity index is 1.25. The maximum absolute atomic E-state index is 13.3. The van der Waals surface area contributed by atoms with Gasteiger partial charge in [-0.05, 0) is 73.6 Å². The fourth-order valence-electron chi connectivity index (χ4n) is 6.58. The smallest absolute Gasteiger partial charge is 0.273 e. The number of carbonyl (C=O) groups is 1. The van der Waals surface area contributed by atoms with Crippen molar-refractivity contribution in [3.05, 3.63) is 54.5 Å². The van der Waals surface area contributed by atoms with Gasteiger partial charge < -0.3 is 21.9 Å². The Kier molecular flexibility index (Phi) is 4.81. The minimum absolute atomic E-state index is 0.0514. The van der Waals surface area contributed by atoms with Gasteiger partial charge >= 0.3 is 0 Å². The lowest BCUT2D eigenvalue weighted by Crippen LogP contribution is -2.61. The van der Waals surface area contributed by atoms with Crippen molar-refractivity contribution in [1.82, 2.24) is 20.3 Å². The van der Waals surface area contributed by atoms with Crippen molar-refractivity contribution in [1.29, 1.82) is 0 Å². The molecule has 174 valence electrons. The van der Waals surface area contributed by atoms with Crippen LogP contribution in [-0.2, 0) is 0 Å². The lowest BCUT2D eigenvalue weighted by Gasteiger charge is -2.58. The quantitative estimate of drug-likeness (QED) is 0.473. The van der Waals surface area contributed by atoms with Gasteiger partial charge in [-0.15, -0.1) is 0 Å². The molecule has 2 heterocycles. The molecule has 4 saturated carbocycles. The third-order valence-electron chi connectivity index (χ3n) is 7.83. The molecule has 2 unspecified atom stereocenters. The van der Waals surface area contributed by atoms with Crippen molar-refractivity contribution in [2.45, 2.75) is 43.7 Å². The maximum Gasteiger partial charge on any atom is 0.273 e. The van der Waals surface area contributed by atoms with Crippen molar-refractivity contribution in [2.75, 3.05) is 11.5 Å². The molecule has 34 heavy (non-hydrogen) atoms. The van der Waals surface area contributed by atoms with Crippen molar-refractivity contribution in [3.63, 3.8) is 0 Å². The summed E-state index contributed by atoms with van der Waals surface area (Å²) in [6, 6.07) is 11.5. The molecule has 3 aromatic rings. The first-order chi connectivity index (χ1) is 16.4. The van der Waals surface area contributed by atoms with Gasteiger partial charge in [-0.1, -0.05) is 18.2 Å². The van der Waals surface area contributed by atoms with E-state index in [2.05, 4.69) is 20.3 Å². The second-order valence-corrected chi connectivity index (χ2v) is 10.2. The zero-order valence-electron chi connectivity index (χ0n) is 18.8. The zero-order valence-corrected chi connectivity index (χ0v) is 18.8. The highest BCUT2D eigenvalue weighted by molar-refractivity contribution is 5.97.